The number of rotatable bonds is 7. The fourth-order valence-corrected chi connectivity index (χ4v) is 4.88. The highest BCUT2D eigenvalue weighted by molar-refractivity contribution is 8.15. The molecule has 216 valence electrons. The molecular formula is C28H21F5N6O2S. The molecule has 4 aromatic rings. The first-order chi connectivity index (χ1) is 19.9. The quantitative estimate of drug-likeness (QED) is 0.136. The molecule has 0 saturated carbocycles. The zero-order valence-corrected chi connectivity index (χ0v) is 22.8. The minimum absolute atomic E-state index is 0.0603. The topological polar surface area (TPSA) is 85.0 Å². The summed E-state index contributed by atoms with van der Waals surface area (Å²) in [5.74, 6) is -0.0785. The van der Waals surface area contributed by atoms with Gasteiger partial charge in [0.15, 0.2) is 11.0 Å². The van der Waals surface area contributed by atoms with E-state index in [-0.39, 0.29) is 11.7 Å². The molecule has 0 N–H and O–H groups in total. The summed E-state index contributed by atoms with van der Waals surface area (Å²) < 4.78 is 68.5. The zero-order valence-electron chi connectivity index (χ0n) is 22.0. The summed E-state index contributed by atoms with van der Waals surface area (Å²) >= 11 is 1.32. The second-order valence-corrected chi connectivity index (χ2v) is 10.1. The van der Waals surface area contributed by atoms with Crippen molar-refractivity contribution in [1.82, 2.24) is 14.8 Å². The minimum Gasteiger partial charge on any atom is -0.426 e. The lowest BCUT2D eigenvalue weighted by molar-refractivity contribution is -0.360. The number of halogens is 5. The lowest BCUT2D eigenvalue weighted by atomic mass is 10.1. The van der Waals surface area contributed by atoms with Gasteiger partial charge in [0.25, 0.3) is 0 Å². The Bertz CT molecular complexity index is 1650. The van der Waals surface area contributed by atoms with Crippen molar-refractivity contribution in [1.29, 1.82) is 0 Å². The highest BCUT2D eigenvalue weighted by atomic mass is 32.2. The molecule has 0 spiro atoms. The lowest BCUT2D eigenvalue weighted by Gasteiger charge is -2.20. The van der Waals surface area contributed by atoms with E-state index in [1.54, 1.807) is 35.4 Å². The smallest absolute Gasteiger partial charge is 0.426 e. The number of aryl methyl sites for hydroxylation is 2. The number of thioether (sulfide) groups is 1. The van der Waals surface area contributed by atoms with Crippen LogP contribution in [0, 0.1) is 13.8 Å². The second-order valence-electron chi connectivity index (χ2n) is 9.13. The predicted molar refractivity (Wildman–Crippen MR) is 149 cm³/mol. The van der Waals surface area contributed by atoms with Crippen LogP contribution < -0.4 is 9.64 Å². The van der Waals surface area contributed by atoms with Gasteiger partial charge in [0.2, 0.25) is 5.91 Å². The summed E-state index contributed by atoms with van der Waals surface area (Å²) in [6.07, 6.45) is -8.21. The Morgan fingerprint density at radius 2 is 1.62 bits per heavy atom. The fraction of sp³-hybridized carbons (Fsp3) is 0.179. The standard InChI is InChI=1S/C28H21F5N6O2S/c1-17-4-3-5-18(2)24(17)39-23(40)15-42-26(39)36-35-14-19-6-8-20(9-7-19)25-34-16-38(37-25)21-10-12-22(13-11-21)41-28(32,33)27(29,30)31/h3-14,16H,15H2,1-2H3/b35-14+,36-26-. The van der Waals surface area contributed by atoms with Crippen LogP contribution in [0.2, 0.25) is 0 Å². The predicted octanol–water partition coefficient (Wildman–Crippen LogP) is 6.55. The second kappa shape index (κ2) is 11.4. The van der Waals surface area contributed by atoms with Crippen LogP contribution in [0.3, 0.4) is 0 Å². The van der Waals surface area contributed by atoms with E-state index in [2.05, 4.69) is 25.0 Å². The van der Waals surface area contributed by atoms with E-state index in [4.69, 9.17) is 0 Å². The number of aromatic nitrogens is 3. The van der Waals surface area contributed by atoms with Gasteiger partial charge in [-0.2, -0.15) is 27.1 Å². The molecule has 1 saturated heterocycles. The number of carbonyl (C=O) groups is 1. The summed E-state index contributed by atoms with van der Waals surface area (Å²) in [5, 5.41) is 13.3. The van der Waals surface area contributed by atoms with Gasteiger partial charge in [0.05, 0.1) is 23.3 Å². The number of amides is 1. The van der Waals surface area contributed by atoms with Crippen molar-refractivity contribution in [2.24, 2.45) is 10.2 Å². The van der Waals surface area contributed by atoms with E-state index in [9.17, 15) is 26.7 Å². The molecule has 42 heavy (non-hydrogen) atoms. The SMILES string of the molecule is Cc1cccc(C)c1N1C(=O)CS/C1=N\N=C\c1ccc(-c2ncn(-c3ccc(OC(F)(F)C(F)(F)F)cc3)n2)cc1. The molecule has 3 aromatic carbocycles. The van der Waals surface area contributed by atoms with Crippen molar-refractivity contribution in [2.45, 2.75) is 26.1 Å². The number of hydrogen-bond acceptors (Lipinski definition) is 7. The Morgan fingerprint density at radius 3 is 2.26 bits per heavy atom. The molecule has 5 rings (SSSR count). The Balaban J connectivity index is 1.26. The van der Waals surface area contributed by atoms with Crippen LogP contribution in [-0.2, 0) is 4.79 Å². The first-order valence-corrected chi connectivity index (χ1v) is 13.3. The van der Waals surface area contributed by atoms with Gasteiger partial charge in [-0.25, -0.2) is 9.67 Å². The van der Waals surface area contributed by atoms with Crippen molar-refractivity contribution in [3.05, 3.63) is 89.7 Å². The van der Waals surface area contributed by atoms with E-state index in [1.165, 1.54) is 34.9 Å². The molecule has 0 aliphatic carbocycles. The molecule has 1 amide bonds. The molecular weight excluding hydrogens is 579 g/mol. The Hall–Kier alpha value is -4.59. The van der Waals surface area contributed by atoms with Crippen LogP contribution >= 0.6 is 11.8 Å². The summed E-state index contributed by atoms with van der Waals surface area (Å²) in [6.45, 7) is 3.88. The molecule has 0 radical (unpaired) electrons. The average Bonchev–Trinajstić information content (AvgIpc) is 3.56. The van der Waals surface area contributed by atoms with Crippen LogP contribution in [0.5, 0.6) is 5.75 Å². The maximum absolute atomic E-state index is 13.1. The average molecular weight is 601 g/mol. The van der Waals surface area contributed by atoms with Gasteiger partial charge in [0.1, 0.15) is 12.1 Å². The molecule has 1 aliphatic rings. The van der Waals surface area contributed by atoms with Gasteiger partial charge < -0.3 is 4.74 Å². The van der Waals surface area contributed by atoms with E-state index in [0.29, 0.717) is 22.2 Å². The third-order valence-corrected chi connectivity index (χ3v) is 7.03. The fourth-order valence-electron chi connectivity index (χ4n) is 4.07. The van der Waals surface area contributed by atoms with Gasteiger partial charge in [0, 0.05) is 5.56 Å². The Labute approximate surface area is 240 Å². The normalized spacial score (nSPS) is 15.3. The molecule has 2 heterocycles. The van der Waals surface area contributed by atoms with E-state index < -0.39 is 18.0 Å². The summed E-state index contributed by atoms with van der Waals surface area (Å²) in [4.78, 5) is 18.4. The highest BCUT2D eigenvalue weighted by Crippen LogP contribution is 2.37. The van der Waals surface area contributed by atoms with Crippen molar-refractivity contribution < 1.29 is 31.5 Å². The minimum atomic E-state index is -5.83. The molecule has 0 atom stereocenters. The number of carbonyl (C=O) groups excluding carboxylic acids is 1. The van der Waals surface area contributed by atoms with Crippen LogP contribution in [0.1, 0.15) is 16.7 Å². The third kappa shape index (κ3) is 6.03. The van der Waals surface area contributed by atoms with Gasteiger partial charge in [-0.3, -0.25) is 9.69 Å². The van der Waals surface area contributed by atoms with Crippen LogP contribution in [0.4, 0.5) is 27.6 Å². The van der Waals surface area contributed by atoms with Crippen molar-refractivity contribution in [2.75, 3.05) is 10.7 Å². The van der Waals surface area contributed by atoms with E-state index in [1.807, 2.05) is 32.0 Å². The van der Waals surface area contributed by atoms with Crippen LogP contribution in [0.15, 0.2) is 83.3 Å². The molecule has 1 fully saturated rings. The number of nitrogens with zero attached hydrogens (tertiary/aromatic N) is 6. The highest BCUT2D eigenvalue weighted by Gasteiger charge is 2.61. The van der Waals surface area contributed by atoms with Crippen molar-refractivity contribution in [3.63, 3.8) is 0 Å². The number of anilines is 1. The molecule has 14 heteroatoms. The van der Waals surface area contributed by atoms with Crippen molar-refractivity contribution >= 4 is 34.7 Å². The van der Waals surface area contributed by atoms with Gasteiger partial charge in [-0.05, 0) is 54.8 Å². The van der Waals surface area contributed by atoms with E-state index >= 15 is 0 Å². The van der Waals surface area contributed by atoms with Gasteiger partial charge in [-0.15, -0.1) is 10.2 Å². The lowest BCUT2D eigenvalue weighted by Crippen LogP contribution is -2.41. The number of hydrogen-bond donors (Lipinski definition) is 0. The Kier molecular flexibility index (Phi) is 7.82. The largest absolute Gasteiger partial charge is 0.499 e. The van der Waals surface area contributed by atoms with E-state index in [0.717, 1.165) is 34.5 Å². The number of ether oxygens (including phenoxy) is 1. The zero-order chi connectivity index (χ0) is 30.1. The Morgan fingerprint density at radius 1 is 0.952 bits per heavy atom. The van der Waals surface area contributed by atoms with Crippen molar-refractivity contribution in [3.8, 4) is 22.8 Å². The first kappa shape index (κ1) is 28.9. The van der Waals surface area contributed by atoms with Crippen LogP contribution in [0.25, 0.3) is 17.1 Å². The summed E-state index contributed by atoms with van der Waals surface area (Å²) in [5.41, 5.74) is 4.51. The van der Waals surface area contributed by atoms with Gasteiger partial charge in [-0.1, -0.05) is 54.2 Å². The molecule has 0 unspecified atom stereocenters. The molecule has 8 nitrogen and oxygen atoms in total. The maximum Gasteiger partial charge on any atom is 0.499 e. The summed E-state index contributed by atoms with van der Waals surface area (Å²) in [7, 11) is 0. The molecule has 1 aromatic heterocycles. The van der Waals surface area contributed by atoms with Crippen LogP contribution in [-0.4, -0.2) is 50.1 Å². The number of para-hydroxylation sites is 1. The number of benzene rings is 3. The molecule has 1 aliphatic heterocycles. The number of alkyl halides is 5. The first-order valence-electron chi connectivity index (χ1n) is 12.3. The number of amidine groups is 1. The third-order valence-electron chi connectivity index (χ3n) is 6.12. The van der Waals surface area contributed by atoms with Gasteiger partial charge >= 0.3 is 12.3 Å². The monoisotopic (exact) mass is 600 g/mol. The maximum atomic E-state index is 13.1. The molecule has 0 bridgehead atoms. The summed E-state index contributed by atoms with van der Waals surface area (Å²) in [6, 6.07) is 17.4.